The summed E-state index contributed by atoms with van der Waals surface area (Å²) in [4.78, 5) is 7.53. The smallest absolute Gasteiger partial charge is 0.421 e. The van der Waals surface area contributed by atoms with Crippen molar-refractivity contribution in [2.75, 3.05) is 7.11 Å². The summed E-state index contributed by atoms with van der Waals surface area (Å²) in [5.41, 5.74) is 0.0146. The first kappa shape index (κ1) is 12.3. The van der Waals surface area contributed by atoms with Crippen LogP contribution in [0.3, 0.4) is 0 Å². The highest BCUT2D eigenvalue weighted by molar-refractivity contribution is 5.63. The molecule has 6 heteroatoms. The third-order valence-electron chi connectivity index (χ3n) is 2.34. The Morgan fingerprint density at radius 1 is 1.17 bits per heavy atom. The zero-order valence-corrected chi connectivity index (χ0v) is 9.40. The van der Waals surface area contributed by atoms with Crippen molar-refractivity contribution in [2.24, 2.45) is 0 Å². The summed E-state index contributed by atoms with van der Waals surface area (Å²) in [5, 5.41) is 0. The number of rotatable bonds is 2. The fourth-order valence-electron chi connectivity index (χ4n) is 1.51. The summed E-state index contributed by atoms with van der Waals surface area (Å²) in [6, 6.07) is 4.31. The number of alkyl halides is 3. The Labute approximate surface area is 101 Å². The molecule has 0 aliphatic carbocycles. The van der Waals surface area contributed by atoms with E-state index in [1.54, 1.807) is 18.3 Å². The quantitative estimate of drug-likeness (QED) is 0.825. The summed E-state index contributed by atoms with van der Waals surface area (Å²) in [7, 11) is 1.15. The number of hydrogen-bond acceptors (Lipinski definition) is 3. The maximum absolute atomic E-state index is 12.8. The lowest BCUT2D eigenvalue weighted by molar-refractivity contribution is -0.139. The molecule has 0 bridgehead atoms. The van der Waals surface area contributed by atoms with E-state index in [4.69, 9.17) is 0 Å². The van der Waals surface area contributed by atoms with Crippen molar-refractivity contribution in [3.63, 3.8) is 0 Å². The molecular weight excluding hydrogens is 245 g/mol. The van der Waals surface area contributed by atoms with E-state index in [2.05, 4.69) is 14.7 Å². The third kappa shape index (κ3) is 2.42. The summed E-state index contributed by atoms with van der Waals surface area (Å²) < 4.78 is 43.0. The lowest BCUT2D eigenvalue weighted by atomic mass is 10.1. The fraction of sp³-hybridized carbons (Fsp3) is 0.167. The second-order valence-electron chi connectivity index (χ2n) is 3.52. The van der Waals surface area contributed by atoms with Crippen molar-refractivity contribution in [1.29, 1.82) is 0 Å². The van der Waals surface area contributed by atoms with Gasteiger partial charge in [0.2, 0.25) is 5.88 Å². The number of aromatic nitrogens is 2. The van der Waals surface area contributed by atoms with Gasteiger partial charge in [0.05, 0.1) is 7.11 Å². The highest BCUT2D eigenvalue weighted by Crippen LogP contribution is 2.36. The molecule has 2 rings (SSSR count). The Balaban J connectivity index is 2.53. The fourth-order valence-corrected chi connectivity index (χ4v) is 1.51. The molecule has 0 saturated carbocycles. The van der Waals surface area contributed by atoms with Crippen molar-refractivity contribution in [1.82, 2.24) is 9.97 Å². The van der Waals surface area contributed by atoms with E-state index in [-0.39, 0.29) is 0 Å². The van der Waals surface area contributed by atoms with Gasteiger partial charge in [-0.1, -0.05) is 6.07 Å². The van der Waals surface area contributed by atoms with Gasteiger partial charge >= 0.3 is 6.18 Å². The van der Waals surface area contributed by atoms with Crippen molar-refractivity contribution >= 4 is 0 Å². The van der Waals surface area contributed by atoms with Crippen LogP contribution in [0, 0.1) is 0 Å². The van der Waals surface area contributed by atoms with Gasteiger partial charge in [-0.15, -0.1) is 0 Å². The molecular formula is C12H9F3N2O. The first-order chi connectivity index (χ1) is 8.52. The standard InChI is InChI=1S/C12H9F3N2O/c1-18-11-10(12(13,14)15)5-9(7-17-11)8-3-2-4-16-6-8/h2-7H,1H3. The molecule has 0 atom stereocenters. The van der Waals surface area contributed by atoms with Crippen molar-refractivity contribution in [3.8, 4) is 17.0 Å². The molecule has 0 radical (unpaired) electrons. The molecule has 0 spiro atoms. The molecule has 0 aromatic carbocycles. The Bertz CT molecular complexity index is 541. The second-order valence-corrected chi connectivity index (χ2v) is 3.52. The van der Waals surface area contributed by atoms with Crippen LogP contribution in [0.4, 0.5) is 13.2 Å². The minimum Gasteiger partial charge on any atom is -0.481 e. The van der Waals surface area contributed by atoms with Gasteiger partial charge in [-0.25, -0.2) is 4.98 Å². The van der Waals surface area contributed by atoms with Crippen LogP contribution in [0.1, 0.15) is 5.56 Å². The van der Waals surface area contributed by atoms with Gasteiger partial charge in [0, 0.05) is 29.7 Å². The monoisotopic (exact) mass is 254 g/mol. The Morgan fingerprint density at radius 3 is 2.50 bits per heavy atom. The maximum atomic E-state index is 12.8. The van der Waals surface area contributed by atoms with Crippen molar-refractivity contribution in [2.45, 2.75) is 6.18 Å². The van der Waals surface area contributed by atoms with Gasteiger partial charge in [0.15, 0.2) is 0 Å². The van der Waals surface area contributed by atoms with E-state index in [0.29, 0.717) is 11.1 Å². The van der Waals surface area contributed by atoms with Crippen LogP contribution in [-0.2, 0) is 6.18 Å². The summed E-state index contributed by atoms with van der Waals surface area (Å²) in [6.07, 6.45) is -0.156. The lowest BCUT2D eigenvalue weighted by Gasteiger charge is -2.12. The molecule has 0 unspecified atom stereocenters. The zero-order chi connectivity index (χ0) is 13.2. The second kappa shape index (κ2) is 4.64. The predicted octanol–water partition coefficient (Wildman–Crippen LogP) is 3.17. The van der Waals surface area contributed by atoms with Gasteiger partial charge in [0.1, 0.15) is 5.56 Å². The minimum absolute atomic E-state index is 0.344. The van der Waals surface area contributed by atoms with Gasteiger partial charge < -0.3 is 4.74 Å². The van der Waals surface area contributed by atoms with E-state index in [9.17, 15) is 13.2 Å². The van der Waals surface area contributed by atoms with Gasteiger partial charge in [-0.05, 0) is 12.1 Å². The lowest BCUT2D eigenvalue weighted by Crippen LogP contribution is -2.09. The molecule has 0 aliphatic rings. The Morgan fingerprint density at radius 2 is 1.94 bits per heavy atom. The van der Waals surface area contributed by atoms with Gasteiger partial charge in [-0.3, -0.25) is 4.98 Å². The molecule has 0 amide bonds. The van der Waals surface area contributed by atoms with E-state index in [1.165, 1.54) is 12.4 Å². The van der Waals surface area contributed by atoms with Gasteiger partial charge in [-0.2, -0.15) is 13.2 Å². The summed E-state index contributed by atoms with van der Waals surface area (Å²) in [5.74, 6) is -0.435. The van der Waals surface area contributed by atoms with Gasteiger partial charge in [0.25, 0.3) is 0 Å². The predicted molar refractivity (Wildman–Crippen MR) is 59.0 cm³/mol. The topological polar surface area (TPSA) is 35.0 Å². The highest BCUT2D eigenvalue weighted by atomic mass is 19.4. The first-order valence-electron chi connectivity index (χ1n) is 5.04. The van der Waals surface area contributed by atoms with Crippen LogP contribution in [0.25, 0.3) is 11.1 Å². The molecule has 2 aromatic rings. The average molecular weight is 254 g/mol. The summed E-state index contributed by atoms with van der Waals surface area (Å²) in [6.45, 7) is 0. The van der Waals surface area contributed by atoms with Crippen LogP contribution < -0.4 is 4.74 Å². The molecule has 2 aromatic heterocycles. The van der Waals surface area contributed by atoms with E-state index in [1.807, 2.05) is 0 Å². The molecule has 0 aliphatic heterocycles. The van der Waals surface area contributed by atoms with Crippen LogP contribution in [0.2, 0.25) is 0 Å². The number of nitrogens with zero attached hydrogens (tertiary/aromatic N) is 2. The highest BCUT2D eigenvalue weighted by Gasteiger charge is 2.35. The number of ether oxygens (including phenoxy) is 1. The number of hydrogen-bond donors (Lipinski definition) is 0. The van der Waals surface area contributed by atoms with Crippen molar-refractivity contribution in [3.05, 3.63) is 42.4 Å². The number of methoxy groups -OCH3 is 1. The van der Waals surface area contributed by atoms with Crippen LogP contribution in [0.15, 0.2) is 36.8 Å². The van der Waals surface area contributed by atoms with Crippen LogP contribution >= 0.6 is 0 Å². The summed E-state index contributed by atoms with van der Waals surface area (Å²) >= 11 is 0. The molecule has 0 fully saturated rings. The minimum atomic E-state index is -4.50. The molecule has 0 saturated heterocycles. The van der Waals surface area contributed by atoms with Crippen LogP contribution in [-0.4, -0.2) is 17.1 Å². The maximum Gasteiger partial charge on any atom is 0.421 e. The molecule has 0 N–H and O–H groups in total. The largest absolute Gasteiger partial charge is 0.481 e. The average Bonchev–Trinajstić information content (AvgIpc) is 2.38. The SMILES string of the molecule is COc1ncc(-c2cccnc2)cc1C(F)(F)F. The molecule has 2 heterocycles. The van der Waals surface area contributed by atoms with E-state index < -0.39 is 17.6 Å². The van der Waals surface area contributed by atoms with E-state index in [0.717, 1.165) is 13.2 Å². The Kier molecular flexibility index (Phi) is 3.18. The first-order valence-corrected chi connectivity index (χ1v) is 5.04. The van der Waals surface area contributed by atoms with E-state index >= 15 is 0 Å². The third-order valence-corrected chi connectivity index (χ3v) is 2.34. The zero-order valence-electron chi connectivity index (χ0n) is 9.40. The molecule has 94 valence electrons. The number of halogens is 3. The normalized spacial score (nSPS) is 11.3. The van der Waals surface area contributed by atoms with Crippen molar-refractivity contribution < 1.29 is 17.9 Å². The van der Waals surface area contributed by atoms with Crippen LogP contribution in [0.5, 0.6) is 5.88 Å². The molecule has 18 heavy (non-hydrogen) atoms. The Hall–Kier alpha value is -2.11. The number of pyridine rings is 2. The molecule has 3 nitrogen and oxygen atoms in total.